The Labute approximate surface area is 121 Å². The highest BCUT2D eigenvalue weighted by molar-refractivity contribution is 7.98. The zero-order chi connectivity index (χ0) is 13.7. The summed E-state index contributed by atoms with van der Waals surface area (Å²) in [5.74, 6) is 2.20. The van der Waals surface area contributed by atoms with Crippen molar-refractivity contribution in [1.29, 1.82) is 0 Å². The molecule has 0 radical (unpaired) electrons. The Balaban J connectivity index is 2.07. The van der Waals surface area contributed by atoms with Crippen molar-refractivity contribution in [2.75, 3.05) is 19.1 Å². The lowest BCUT2D eigenvalue weighted by atomic mass is 9.87. The first-order chi connectivity index (χ1) is 9.24. The largest absolute Gasteiger partial charge is 0.497 e. The lowest BCUT2D eigenvalue weighted by molar-refractivity contribution is 0.393. The molecule has 2 rings (SSSR count). The third-order valence-corrected chi connectivity index (χ3v) is 4.55. The third-order valence-electron chi connectivity index (χ3n) is 3.91. The van der Waals surface area contributed by atoms with E-state index in [1.165, 1.54) is 42.6 Å². The molecule has 1 aliphatic rings. The maximum atomic E-state index is 5.37. The summed E-state index contributed by atoms with van der Waals surface area (Å²) in [4.78, 5) is 0. The predicted molar refractivity (Wildman–Crippen MR) is 84.3 cm³/mol. The Bertz CT molecular complexity index is 408. The van der Waals surface area contributed by atoms with E-state index in [1.54, 1.807) is 7.11 Å². The molecule has 0 amide bonds. The number of aryl methyl sites for hydroxylation is 1. The van der Waals surface area contributed by atoms with E-state index in [0.29, 0.717) is 12.1 Å². The molecule has 2 nitrogen and oxygen atoms in total. The van der Waals surface area contributed by atoms with Gasteiger partial charge in [0.15, 0.2) is 0 Å². The van der Waals surface area contributed by atoms with E-state index in [1.807, 2.05) is 11.8 Å². The highest BCUT2D eigenvalue weighted by Crippen LogP contribution is 2.32. The van der Waals surface area contributed by atoms with Crippen molar-refractivity contribution in [1.82, 2.24) is 5.32 Å². The first kappa shape index (κ1) is 14.7. The molecule has 1 N–H and O–H groups in total. The molecule has 1 aromatic rings. The molecule has 2 unspecified atom stereocenters. The van der Waals surface area contributed by atoms with Gasteiger partial charge >= 0.3 is 0 Å². The summed E-state index contributed by atoms with van der Waals surface area (Å²) in [5.41, 5.74) is 2.93. The van der Waals surface area contributed by atoms with Gasteiger partial charge in [-0.3, -0.25) is 0 Å². The molecule has 1 aromatic carbocycles. The van der Waals surface area contributed by atoms with Gasteiger partial charge in [-0.25, -0.2) is 0 Å². The van der Waals surface area contributed by atoms with E-state index >= 15 is 0 Å². The summed E-state index contributed by atoms with van der Waals surface area (Å²) < 4.78 is 5.37. The van der Waals surface area contributed by atoms with Gasteiger partial charge in [-0.15, -0.1) is 0 Å². The Hall–Kier alpha value is -0.670. The number of hydrogen-bond donors (Lipinski definition) is 1. The summed E-state index contributed by atoms with van der Waals surface area (Å²) in [6.45, 7) is 2.30. The standard InChI is InChI=1S/C16H25NOS/c1-12(9-10-19-3)17-16-6-4-5-13-7-8-14(18-2)11-15(13)16/h7-8,11-12,16-17H,4-6,9-10H2,1-3H3. The Morgan fingerprint density at radius 2 is 2.32 bits per heavy atom. The third kappa shape index (κ3) is 3.90. The molecule has 106 valence electrons. The quantitative estimate of drug-likeness (QED) is 0.855. The SMILES string of the molecule is COc1ccc2c(c1)C(NC(C)CCSC)CCC2. The summed E-state index contributed by atoms with van der Waals surface area (Å²) in [7, 11) is 1.74. The van der Waals surface area contributed by atoms with Gasteiger partial charge in [-0.1, -0.05) is 6.07 Å². The molecule has 0 fully saturated rings. The van der Waals surface area contributed by atoms with E-state index in [0.717, 1.165) is 5.75 Å². The minimum Gasteiger partial charge on any atom is -0.497 e. The maximum Gasteiger partial charge on any atom is 0.119 e. The van der Waals surface area contributed by atoms with Crippen LogP contribution in [0.1, 0.15) is 43.4 Å². The topological polar surface area (TPSA) is 21.3 Å². The van der Waals surface area contributed by atoms with Crippen molar-refractivity contribution < 1.29 is 4.74 Å². The van der Waals surface area contributed by atoms with Gasteiger partial charge in [0.2, 0.25) is 0 Å². The van der Waals surface area contributed by atoms with Crippen molar-refractivity contribution >= 4 is 11.8 Å². The molecule has 1 aliphatic carbocycles. The minimum absolute atomic E-state index is 0.496. The molecule has 0 bridgehead atoms. The minimum atomic E-state index is 0.496. The van der Waals surface area contributed by atoms with Crippen LogP contribution in [0.15, 0.2) is 18.2 Å². The van der Waals surface area contributed by atoms with E-state index in [-0.39, 0.29) is 0 Å². The summed E-state index contributed by atoms with van der Waals surface area (Å²) >= 11 is 1.92. The van der Waals surface area contributed by atoms with Crippen LogP contribution in [0.3, 0.4) is 0 Å². The molecular weight excluding hydrogens is 254 g/mol. The molecule has 3 heteroatoms. The zero-order valence-electron chi connectivity index (χ0n) is 12.2. The molecular formula is C16H25NOS. The van der Waals surface area contributed by atoms with Crippen LogP contribution >= 0.6 is 11.8 Å². The molecule has 0 aromatic heterocycles. The molecule has 0 saturated carbocycles. The Morgan fingerprint density at radius 1 is 1.47 bits per heavy atom. The van der Waals surface area contributed by atoms with Gasteiger partial charge in [0.1, 0.15) is 5.75 Å². The van der Waals surface area contributed by atoms with E-state index in [9.17, 15) is 0 Å². The molecule has 19 heavy (non-hydrogen) atoms. The van der Waals surface area contributed by atoms with E-state index < -0.39 is 0 Å². The van der Waals surface area contributed by atoms with Crippen molar-refractivity contribution in [3.63, 3.8) is 0 Å². The fourth-order valence-electron chi connectivity index (χ4n) is 2.80. The summed E-state index contributed by atoms with van der Waals surface area (Å²) in [6.07, 6.45) is 7.14. The first-order valence-electron chi connectivity index (χ1n) is 7.16. The fraction of sp³-hybridized carbons (Fsp3) is 0.625. The smallest absolute Gasteiger partial charge is 0.119 e. The van der Waals surface area contributed by atoms with Crippen molar-refractivity contribution in [2.45, 2.75) is 44.7 Å². The van der Waals surface area contributed by atoms with Crippen LogP contribution in [0, 0.1) is 0 Å². The van der Waals surface area contributed by atoms with Crippen LogP contribution in [-0.2, 0) is 6.42 Å². The number of ether oxygens (including phenoxy) is 1. The molecule has 0 spiro atoms. The zero-order valence-corrected chi connectivity index (χ0v) is 13.1. The molecule has 0 heterocycles. The number of benzene rings is 1. The Morgan fingerprint density at radius 3 is 3.05 bits per heavy atom. The average Bonchev–Trinajstić information content (AvgIpc) is 2.45. The molecule has 0 aliphatic heterocycles. The fourth-order valence-corrected chi connectivity index (χ4v) is 3.39. The second kappa shape index (κ2) is 7.20. The van der Waals surface area contributed by atoms with E-state index in [4.69, 9.17) is 4.74 Å². The lowest BCUT2D eigenvalue weighted by Crippen LogP contribution is -2.33. The number of thioether (sulfide) groups is 1. The second-order valence-corrected chi connectivity index (χ2v) is 6.34. The normalized spacial score (nSPS) is 19.8. The van der Waals surface area contributed by atoms with Gasteiger partial charge in [0, 0.05) is 12.1 Å². The number of hydrogen-bond acceptors (Lipinski definition) is 3. The van der Waals surface area contributed by atoms with E-state index in [2.05, 4.69) is 36.7 Å². The summed E-state index contributed by atoms with van der Waals surface area (Å²) in [6, 6.07) is 7.60. The van der Waals surface area contributed by atoms with Crippen LogP contribution in [0.5, 0.6) is 5.75 Å². The highest BCUT2D eigenvalue weighted by Gasteiger charge is 2.21. The van der Waals surface area contributed by atoms with Gasteiger partial charge in [0.05, 0.1) is 7.11 Å². The highest BCUT2D eigenvalue weighted by atomic mass is 32.2. The van der Waals surface area contributed by atoms with Crippen LogP contribution < -0.4 is 10.1 Å². The number of methoxy groups -OCH3 is 1. The predicted octanol–water partition coefficient (Wildman–Crippen LogP) is 3.80. The van der Waals surface area contributed by atoms with Gasteiger partial charge in [-0.2, -0.15) is 11.8 Å². The lowest BCUT2D eigenvalue weighted by Gasteiger charge is -2.29. The van der Waals surface area contributed by atoms with Crippen LogP contribution in [0.25, 0.3) is 0 Å². The molecule has 0 saturated heterocycles. The Kier molecular flexibility index (Phi) is 5.59. The average molecular weight is 279 g/mol. The van der Waals surface area contributed by atoms with Gasteiger partial charge in [0.25, 0.3) is 0 Å². The first-order valence-corrected chi connectivity index (χ1v) is 8.55. The van der Waals surface area contributed by atoms with Crippen LogP contribution in [0.4, 0.5) is 0 Å². The van der Waals surface area contributed by atoms with Crippen molar-refractivity contribution in [2.24, 2.45) is 0 Å². The van der Waals surface area contributed by atoms with Crippen molar-refractivity contribution in [3.8, 4) is 5.75 Å². The van der Waals surface area contributed by atoms with Crippen LogP contribution in [0.2, 0.25) is 0 Å². The monoisotopic (exact) mass is 279 g/mol. The van der Waals surface area contributed by atoms with Gasteiger partial charge in [-0.05, 0) is 67.9 Å². The number of fused-ring (bicyclic) bond motifs is 1. The number of rotatable bonds is 6. The van der Waals surface area contributed by atoms with Gasteiger partial charge < -0.3 is 10.1 Å². The number of nitrogens with one attached hydrogen (secondary N) is 1. The summed E-state index contributed by atoms with van der Waals surface area (Å²) in [5, 5.41) is 3.79. The maximum absolute atomic E-state index is 5.37. The van der Waals surface area contributed by atoms with Crippen LogP contribution in [-0.4, -0.2) is 25.2 Å². The van der Waals surface area contributed by atoms with Crippen molar-refractivity contribution in [3.05, 3.63) is 29.3 Å². The second-order valence-electron chi connectivity index (χ2n) is 5.36. The molecule has 2 atom stereocenters.